The smallest absolute Gasteiger partial charge is 0.283 e. The molecule has 1 aliphatic rings. The molecule has 138 valence electrons. The molecule has 1 saturated carbocycles. The minimum absolute atomic E-state index is 0.161. The van der Waals surface area contributed by atoms with Gasteiger partial charge in [0.15, 0.2) is 6.04 Å². The zero-order valence-corrected chi connectivity index (χ0v) is 16.0. The fourth-order valence-corrected chi connectivity index (χ4v) is 3.97. The average Bonchev–Trinajstić information content (AvgIpc) is 2.65. The van der Waals surface area contributed by atoms with Gasteiger partial charge in [-0.25, -0.2) is 0 Å². The maximum Gasteiger partial charge on any atom is 0.283 e. The van der Waals surface area contributed by atoms with Crippen molar-refractivity contribution in [2.45, 2.75) is 57.7 Å². The van der Waals surface area contributed by atoms with Gasteiger partial charge in [-0.15, -0.1) is 0 Å². The summed E-state index contributed by atoms with van der Waals surface area (Å²) in [4.78, 5) is 14.4. The molecule has 2 aromatic rings. The van der Waals surface area contributed by atoms with Crippen LogP contribution in [-0.4, -0.2) is 19.0 Å². The first-order valence-electron chi connectivity index (χ1n) is 9.86. The first-order valence-corrected chi connectivity index (χ1v) is 9.86. The molecule has 26 heavy (non-hydrogen) atoms. The van der Waals surface area contributed by atoms with E-state index in [-0.39, 0.29) is 11.9 Å². The lowest BCUT2D eigenvalue weighted by molar-refractivity contribution is -0.916. The van der Waals surface area contributed by atoms with Crippen molar-refractivity contribution in [3.05, 3.63) is 71.3 Å². The van der Waals surface area contributed by atoms with Crippen LogP contribution in [-0.2, 0) is 11.3 Å². The third kappa shape index (κ3) is 4.95. The fourth-order valence-electron chi connectivity index (χ4n) is 3.97. The van der Waals surface area contributed by atoms with Gasteiger partial charge in [-0.05, 0) is 19.8 Å². The predicted octanol–water partition coefficient (Wildman–Crippen LogP) is 3.20. The van der Waals surface area contributed by atoms with Gasteiger partial charge in [0.1, 0.15) is 6.54 Å². The van der Waals surface area contributed by atoms with E-state index in [0.717, 1.165) is 24.9 Å². The highest BCUT2D eigenvalue weighted by Gasteiger charge is 2.31. The maximum absolute atomic E-state index is 13.2. The molecule has 0 saturated heterocycles. The normalized spacial score (nSPS) is 17.5. The number of benzene rings is 2. The van der Waals surface area contributed by atoms with Crippen molar-refractivity contribution in [3.8, 4) is 0 Å². The van der Waals surface area contributed by atoms with E-state index in [1.54, 1.807) is 0 Å². The molecular formula is C23H31N2O+. The number of rotatable bonds is 6. The molecule has 2 N–H and O–H groups in total. The highest BCUT2D eigenvalue weighted by Crippen LogP contribution is 2.19. The highest BCUT2D eigenvalue weighted by atomic mass is 16.2. The number of aryl methyl sites for hydroxylation is 1. The summed E-state index contributed by atoms with van der Waals surface area (Å²) >= 11 is 0. The zero-order chi connectivity index (χ0) is 18.4. The lowest BCUT2D eigenvalue weighted by atomic mass is 9.94. The van der Waals surface area contributed by atoms with Crippen molar-refractivity contribution in [1.82, 2.24) is 5.32 Å². The molecule has 2 unspecified atom stereocenters. The molecule has 3 rings (SSSR count). The van der Waals surface area contributed by atoms with Crippen molar-refractivity contribution in [2.24, 2.45) is 0 Å². The Morgan fingerprint density at radius 2 is 1.69 bits per heavy atom. The van der Waals surface area contributed by atoms with Gasteiger partial charge in [-0.2, -0.15) is 0 Å². The molecule has 0 spiro atoms. The van der Waals surface area contributed by atoms with Crippen LogP contribution in [0, 0.1) is 6.92 Å². The Kier molecular flexibility index (Phi) is 6.45. The van der Waals surface area contributed by atoms with Gasteiger partial charge in [0, 0.05) is 17.2 Å². The number of carbonyl (C=O) groups is 1. The molecule has 0 radical (unpaired) electrons. The van der Waals surface area contributed by atoms with E-state index >= 15 is 0 Å². The molecule has 3 nitrogen and oxygen atoms in total. The second kappa shape index (κ2) is 9.00. The van der Waals surface area contributed by atoms with E-state index in [0.29, 0.717) is 6.04 Å². The molecule has 0 bridgehead atoms. The summed E-state index contributed by atoms with van der Waals surface area (Å²) in [6.45, 7) is 2.92. The third-order valence-electron chi connectivity index (χ3n) is 5.44. The number of nitrogens with one attached hydrogen (secondary N) is 2. The van der Waals surface area contributed by atoms with Gasteiger partial charge in [0.25, 0.3) is 5.91 Å². The van der Waals surface area contributed by atoms with Crippen molar-refractivity contribution in [2.75, 3.05) is 7.05 Å². The van der Waals surface area contributed by atoms with Crippen molar-refractivity contribution in [3.63, 3.8) is 0 Å². The number of quaternary nitrogens is 1. The van der Waals surface area contributed by atoms with Crippen LogP contribution in [0.4, 0.5) is 0 Å². The van der Waals surface area contributed by atoms with Crippen molar-refractivity contribution in [1.29, 1.82) is 0 Å². The Hall–Kier alpha value is -2.13. The number of likely N-dealkylation sites (N-methyl/N-ethyl adjacent to an activating group) is 1. The first kappa shape index (κ1) is 18.7. The molecule has 0 heterocycles. The molecular weight excluding hydrogens is 320 g/mol. The molecule has 1 fully saturated rings. The summed E-state index contributed by atoms with van der Waals surface area (Å²) in [6, 6.07) is 19.0. The van der Waals surface area contributed by atoms with Gasteiger partial charge >= 0.3 is 0 Å². The van der Waals surface area contributed by atoms with Crippen LogP contribution in [0.15, 0.2) is 54.6 Å². The van der Waals surface area contributed by atoms with E-state index < -0.39 is 0 Å². The summed E-state index contributed by atoms with van der Waals surface area (Å²) in [7, 11) is 2.12. The molecule has 0 aliphatic heterocycles. The molecule has 1 aliphatic carbocycles. The third-order valence-corrected chi connectivity index (χ3v) is 5.44. The number of hydrogen-bond acceptors (Lipinski definition) is 1. The lowest BCUT2D eigenvalue weighted by Crippen LogP contribution is -3.09. The summed E-state index contributed by atoms with van der Waals surface area (Å²) < 4.78 is 0. The zero-order valence-electron chi connectivity index (χ0n) is 16.0. The molecule has 2 aromatic carbocycles. The van der Waals surface area contributed by atoms with Gasteiger partial charge in [0.05, 0.1) is 7.05 Å². The van der Waals surface area contributed by atoms with E-state index in [1.807, 2.05) is 6.07 Å². The van der Waals surface area contributed by atoms with Crippen LogP contribution in [0.2, 0.25) is 0 Å². The molecule has 0 aromatic heterocycles. The second-order valence-corrected chi connectivity index (χ2v) is 7.70. The van der Waals surface area contributed by atoms with E-state index in [4.69, 9.17) is 0 Å². The topological polar surface area (TPSA) is 33.5 Å². The van der Waals surface area contributed by atoms with Crippen molar-refractivity contribution < 1.29 is 9.69 Å². The molecule has 2 atom stereocenters. The van der Waals surface area contributed by atoms with Gasteiger partial charge < -0.3 is 10.2 Å². The number of hydrogen-bond donors (Lipinski definition) is 2. The maximum atomic E-state index is 13.2. The molecule has 1 amide bonds. The Balaban J connectivity index is 1.78. The standard InChI is InChI=1S/C23H30N2O/c1-18-13-15-20(16-14-18)22(23(26)24-21-11-7-4-8-12-21)25(2)17-19-9-5-3-6-10-19/h3,5-6,9-10,13-16,21-22H,4,7-8,11-12,17H2,1-2H3,(H,24,26)/p+1. The van der Waals surface area contributed by atoms with Crippen LogP contribution in [0.5, 0.6) is 0 Å². The summed E-state index contributed by atoms with van der Waals surface area (Å²) in [6.07, 6.45) is 5.99. The minimum atomic E-state index is -0.183. The lowest BCUT2D eigenvalue weighted by Gasteiger charge is -2.28. The van der Waals surface area contributed by atoms with Crippen LogP contribution in [0.3, 0.4) is 0 Å². The number of amides is 1. The largest absolute Gasteiger partial charge is 0.348 e. The SMILES string of the molecule is Cc1ccc(C(C(=O)NC2CCCCC2)[NH+](C)Cc2ccccc2)cc1. The summed E-state index contributed by atoms with van der Waals surface area (Å²) in [5.41, 5.74) is 3.57. The predicted molar refractivity (Wildman–Crippen MR) is 106 cm³/mol. The van der Waals surface area contributed by atoms with Gasteiger partial charge in [-0.1, -0.05) is 79.4 Å². The summed E-state index contributed by atoms with van der Waals surface area (Å²) in [5.74, 6) is 0.161. The van der Waals surface area contributed by atoms with E-state index in [2.05, 4.69) is 67.8 Å². The monoisotopic (exact) mass is 351 g/mol. The van der Waals surface area contributed by atoms with Crippen LogP contribution in [0.25, 0.3) is 0 Å². The Morgan fingerprint density at radius 3 is 2.35 bits per heavy atom. The van der Waals surface area contributed by atoms with E-state index in [9.17, 15) is 4.79 Å². The Labute approximate surface area is 157 Å². The fraction of sp³-hybridized carbons (Fsp3) is 0.435. The quantitative estimate of drug-likeness (QED) is 0.823. The van der Waals surface area contributed by atoms with Crippen LogP contribution in [0.1, 0.15) is 54.8 Å². The van der Waals surface area contributed by atoms with Crippen LogP contribution < -0.4 is 10.2 Å². The summed E-state index contributed by atoms with van der Waals surface area (Å²) in [5, 5.41) is 3.34. The van der Waals surface area contributed by atoms with Gasteiger partial charge in [-0.3, -0.25) is 4.79 Å². The Morgan fingerprint density at radius 1 is 1.04 bits per heavy atom. The number of carbonyl (C=O) groups excluding carboxylic acids is 1. The minimum Gasteiger partial charge on any atom is -0.348 e. The van der Waals surface area contributed by atoms with Crippen LogP contribution >= 0.6 is 0 Å². The first-order chi connectivity index (χ1) is 12.6. The Bertz CT molecular complexity index is 690. The average molecular weight is 352 g/mol. The molecule has 3 heteroatoms. The van der Waals surface area contributed by atoms with E-state index in [1.165, 1.54) is 35.3 Å². The highest BCUT2D eigenvalue weighted by molar-refractivity contribution is 5.82. The second-order valence-electron chi connectivity index (χ2n) is 7.70. The van der Waals surface area contributed by atoms with Gasteiger partial charge in [0.2, 0.25) is 0 Å². The van der Waals surface area contributed by atoms with Crippen molar-refractivity contribution >= 4 is 5.91 Å².